The van der Waals surface area contributed by atoms with Crippen molar-refractivity contribution in [3.8, 4) is 0 Å². The van der Waals surface area contributed by atoms with E-state index in [0.717, 1.165) is 43.7 Å². The highest BCUT2D eigenvalue weighted by atomic mass is 16.2. The molecule has 2 aliphatic rings. The summed E-state index contributed by atoms with van der Waals surface area (Å²) in [4.78, 5) is 14.1. The van der Waals surface area contributed by atoms with Gasteiger partial charge in [-0.25, -0.2) is 0 Å². The molecule has 4 unspecified atom stereocenters. The van der Waals surface area contributed by atoms with Crippen molar-refractivity contribution in [2.75, 3.05) is 20.1 Å². The predicted molar refractivity (Wildman–Crippen MR) is 78.6 cm³/mol. The lowest BCUT2D eigenvalue weighted by atomic mass is 9.88. The van der Waals surface area contributed by atoms with Crippen LogP contribution in [0.25, 0.3) is 0 Å². The molecule has 0 heterocycles. The van der Waals surface area contributed by atoms with Gasteiger partial charge in [-0.1, -0.05) is 13.3 Å². The lowest BCUT2D eigenvalue weighted by molar-refractivity contribution is -0.131. The zero-order valence-corrected chi connectivity index (χ0v) is 12.6. The number of hydrogen-bond donors (Lipinski definition) is 1. The van der Waals surface area contributed by atoms with Crippen LogP contribution in [-0.4, -0.2) is 30.9 Å². The molecule has 0 spiro atoms. The van der Waals surface area contributed by atoms with Gasteiger partial charge >= 0.3 is 0 Å². The van der Waals surface area contributed by atoms with Gasteiger partial charge in [0.2, 0.25) is 5.91 Å². The average Bonchev–Trinajstić information content (AvgIpc) is 2.98. The third-order valence-corrected chi connectivity index (χ3v) is 5.33. The van der Waals surface area contributed by atoms with Crippen LogP contribution in [0.15, 0.2) is 0 Å². The first-order chi connectivity index (χ1) is 9.10. The van der Waals surface area contributed by atoms with Gasteiger partial charge in [-0.3, -0.25) is 4.79 Å². The van der Waals surface area contributed by atoms with E-state index in [1.54, 1.807) is 0 Å². The van der Waals surface area contributed by atoms with Gasteiger partial charge in [0.05, 0.1) is 0 Å². The Morgan fingerprint density at radius 1 is 1.32 bits per heavy atom. The summed E-state index contributed by atoms with van der Waals surface area (Å²) in [5, 5.41) is 0. The first-order valence-corrected chi connectivity index (χ1v) is 8.04. The lowest BCUT2D eigenvalue weighted by Gasteiger charge is -2.27. The minimum absolute atomic E-state index is 0.326. The summed E-state index contributed by atoms with van der Waals surface area (Å²) >= 11 is 0. The number of fused-ring (bicyclic) bond motifs is 2. The fraction of sp³-hybridized carbons (Fsp3) is 0.938. The van der Waals surface area contributed by atoms with Gasteiger partial charge < -0.3 is 10.6 Å². The van der Waals surface area contributed by atoms with Crippen LogP contribution in [0.2, 0.25) is 0 Å². The third-order valence-electron chi connectivity index (χ3n) is 5.33. The van der Waals surface area contributed by atoms with Crippen molar-refractivity contribution < 1.29 is 4.79 Å². The molecular weight excluding hydrogens is 236 g/mol. The van der Waals surface area contributed by atoms with Gasteiger partial charge in [0.1, 0.15) is 0 Å². The summed E-state index contributed by atoms with van der Waals surface area (Å²) in [5.41, 5.74) is 5.54. The topological polar surface area (TPSA) is 46.3 Å². The van der Waals surface area contributed by atoms with Crippen molar-refractivity contribution in [1.82, 2.24) is 4.90 Å². The zero-order chi connectivity index (χ0) is 13.8. The molecule has 2 aliphatic carbocycles. The maximum atomic E-state index is 12.1. The number of rotatable bonds is 7. The molecule has 0 saturated heterocycles. The van der Waals surface area contributed by atoms with Crippen LogP contribution in [0.5, 0.6) is 0 Å². The third kappa shape index (κ3) is 3.95. The highest BCUT2D eigenvalue weighted by molar-refractivity contribution is 5.75. The molecule has 110 valence electrons. The molecule has 0 radical (unpaired) electrons. The molecule has 4 atom stereocenters. The summed E-state index contributed by atoms with van der Waals surface area (Å²) in [7, 11) is 1.99. The molecule has 2 saturated carbocycles. The molecular formula is C16H30N2O. The highest BCUT2D eigenvalue weighted by Crippen LogP contribution is 2.48. The number of carbonyl (C=O) groups is 1. The van der Waals surface area contributed by atoms with Crippen LogP contribution in [0.4, 0.5) is 0 Å². The Bertz CT molecular complexity index is 305. The molecule has 3 heteroatoms. The van der Waals surface area contributed by atoms with E-state index in [0.29, 0.717) is 18.2 Å². The van der Waals surface area contributed by atoms with E-state index in [4.69, 9.17) is 5.73 Å². The van der Waals surface area contributed by atoms with E-state index in [2.05, 4.69) is 6.92 Å². The van der Waals surface area contributed by atoms with Crippen LogP contribution in [0, 0.1) is 23.7 Å². The van der Waals surface area contributed by atoms with Crippen LogP contribution < -0.4 is 5.73 Å². The quantitative estimate of drug-likeness (QED) is 0.770. The monoisotopic (exact) mass is 266 g/mol. The average molecular weight is 266 g/mol. The second-order valence-electron chi connectivity index (χ2n) is 6.93. The normalized spacial score (nSPS) is 30.6. The second kappa shape index (κ2) is 6.74. The van der Waals surface area contributed by atoms with Crippen molar-refractivity contribution in [3.63, 3.8) is 0 Å². The number of nitrogens with two attached hydrogens (primary N) is 1. The smallest absolute Gasteiger partial charge is 0.222 e. The highest BCUT2D eigenvalue weighted by Gasteiger charge is 2.39. The van der Waals surface area contributed by atoms with Gasteiger partial charge in [-0.05, 0) is 62.3 Å². The van der Waals surface area contributed by atoms with Crippen molar-refractivity contribution in [2.45, 2.75) is 51.9 Å². The minimum atomic E-state index is 0.326. The number of hydrogen-bond acceptors (Lipinski definition) is 2. The van der Waals surface area contributed by atoms with Crippen LogP contribution in [-0.2, 0) is 4.79 Å². The van der Waals surface area contributed by atoms with Gasteiger partial charge in [0.15, 0.2) is 0 Å². The molecule has 2 rings (SSSR count). The molecule has 19 heavy (non-hydrogen) atoms. The van der Waals surface area contributed by atoms with Crippen LogP contribution in [0.3, 0.4) is 0 Å². The van der Waals surface area contributed by atoms with Gasteiger partial charge in [-0.2, -0.15) is 0 Å². The molecule has 2 N–H and O–H groups in total. The minimum Gasteiger partial charge on any atom is -0.345 e. The van der Waals surface area contributed by atoms with Gasteiger partial charge in [0, 0.05) is 20.0 Å². The molecule has 0 aromatic heterocycles. The van der Waals surface area contributed by atoms with Crippen molar-refractivity contribution in [1.29, 1.82) is 0 Å². The maximum Gasteiger partial charge on any atom is 0.222 e. The van der Waals surface area contributed by atoms with E-state index in [-0.39, 0.29) is 0 Å². The standard InChI is InChI=1S/C16H30N2O/c1-12(7-8-17)3-6-16(19)18(2)11-15-10-13-4-5-14(15)9-13/h12-15H,3-11,17H2,1-2H3. The summed E-state index contributed by atoms with van der Waals surface area (Å²) in [6, 6.07) is 0. The number of amides is 1. The molecule has 0 aliphatic heterocycles. The van der Waals surface area contributed by atoms with E-state index in [1.165, 1.54) is 25.7 Å². The Hall–Kier alpha value is -0.570. The van der Waals surface area contributed by atoms with E-state index in [1.807, 2.05) is 11.9 Å². The number of nitrogens with zero attached hydrogens (tertiary/aromatic N) is 1. The molecule has 3 nitrogen and oxygen atoms in total. The predicted octanol–water partition coefficient (Wildman–Crippen LogP) is 2.65. The fourth-order valence-electron chi connectivity index (χ4n) is 4.04. The van der Waals surface area contributed by atoms with Crippen LogP contribution >= 0.6 is 0 Å². The Kier molecular flexibility index (Phi) is 5.26. The van der Waals surface area contributed by atoms with Crippen LogP contribution in [0.1, 0.15) is 51.9 Å². The zero-order valence-electron chi connectivity index (χ0n) is 12.6. The van der Waals surface area contributed by atoms with Gasteiger partial charge in [0.25, 0.3) is 0 Å². The SMILES string of the molecule is CC(CCN)CCC(=O)N(C)CC1CC2CCC1C2. The Morgan fingerprint density at radius 3 is 2.68 bits per heavy atom. The second-order valence-corrected chi connectivity index (χ2v) is 6.93. The Morgan fingerprint density at radius 2 is 2.11 bits per heavy atom. The molecule has 2 bridgehead atoms. The van der Waals surface area contributed by atoms with Crippen molar-refractivity contribution >= 4 is 5.91 Å². The number of carbonyl (C=O) groups excluding carboxylic acids is 1. The molecule has 1 amide bonds. The summed E-state index contributed by atoms with van der Waals surface area (Å²) in [5.74, 6) is 3.57. The van der Waals surface area contributed by atoms with Crippen molar-refractivity contribution in [3.05, 3.63) is 0 Å². The van der Waals surface area contributed by atoms with E-state index in [9.17, 15) is 4.79 Å². The summed E-state index contributed by atoms with van der Waals surface area (Å²) < 4.78 is 0. The maximum absolute atomic E-state index is 12.1. The van der Waals surface area contributed by atoms with E-state index < -0.39 is 0 Å². The lowest BCUT2D eigenvalue weighted by Crippen LogP contribution is -2.33. The van der Waals surface area contributed by atoms with E-state index >= 15 is 0 Å². The largest absolute Gasteiger partial charge is 0.345 e. The first kappa shape index (κ1) is 14.8. The summed E-state index contributed by atoms with van der Waals surface area (Å²) in [6.07, 6.45) is 8.35. The van der Waals surface area contributed by atoms with Gasteiger partial charge in [-0.15, -0.1) is 0 Å². The molecule has 2 fully saturated rings. The van der Waals surface area contributed by atoms with Crippen molar-refractivity contribution in [2.24, 2.45) is 29.4 Å². The Balaban J connectivity index is 1.68. The molecule has 0 aromatic carbocycles. The molecule has 0 aromatic rings. The Labute approximate surface area is 117 Å². The summed E-state index contributed by atoms with van der Waals surface area (Å²) in [6.45, 7) is 3.91. The fourth-order valence-corrected chi connectivity index (χ4v) is 4.04. The first-order valence-electron chi connectivity index (χ1n) is 8.04.